The number of aromatic nitrogens is 2. The van der Waals surface area contributed by atoms with Gasteiger partial charge in [-0.05, 0) is 5.56 Å². The fourth-order valence-corrected chi connectivity index (χ4v) is 2.65. The van der Waals surface area contributed by atoms with Gasteiger partial charge < -0.3 is 20.1 Å². The van der Waals surface area contributed by atoms with Gasteiger partial charge >= 0.3 is 5.69 Å². The highest BCUT2D eigenvalue weighted by molar-refractivity contribution is 5.36. The summed E-state index contributed by atoms with van der Waals surface area (Å²) in [6.07, 6.45) is -4.06. The van der Waals surface area contributed by atoms with Crippen LogP contribution in [0.5, 0.6) is 0 Å². The van der Waals surface area contributed by atoms with Gasteiger partial charge in [-0.15, -0.1) is 0 Å². The molecule has 0 saturated carbocycles. The van der Waals surface area contributed by atoms with Crippen LogP contribution in [0.15, 0.2) is 56.5 Å². The van der Waals surface area contributed by atoms with E-state index in [0.29, 0.717) is 6.54 Å². The molecular formula is C16H19N5O6. The molecule has 0 spiro atoms. The predicted octanol–water partition coefficient (Wildman–Crippen LogP) is -0.873. The average molecular weight is 377 g/mol. The third-order valence-corrected chi connectivity index (χ3v) is 4.10. The molecule has 0 unspecified atom stereocenters. The van der Waals surface area contributed by atoms with Crippen molar-refractivity contribution in [1.82, 2.24) is 9.55 Å². The molecule has 27 heavy (non-hydrogen) atoms. The number of hydrogen-bond donors (Lipinski definition) is 5. The van der Waals surface area contributed by atoms with E-state index in [2.05, 4.69) is 20.7 Å². The number of nitrogens with zero attached hydrogens (tertiary/aromatic N) is 3. The van der Waals surface area contributed by atoms with Crippen LogP contribution in [-0.4, -0.2) is 49.8 Å². The van der Waals surface area contributed by atoms with Gasteiger partial charge in [0.15, 0.2) is 6.23 Å². The molecule has 1 aliphatic rings. The molecule has 11 heteroatoms. The molecule has 0 aliphatic carbocycles. The fraction of sp³-hybridized carbons (Fsp3) is 0.375. The van der Waals surface area contributed by atoms with Crippen LogP contribution in [0.3, 0.4) is 0 Å². The summed E-state index contributed by atoms with van der Waals surface area (Å²) in [5, 5.41) is 36.6. The molecule has 1 aliphatic heterocycles. The normalized spacial score (nSPS) is 25.1. The van der Waals surface area contributed by atoms with Crippen molar-refractivity contribution in [2.45, 2.75) is 31.1 Å². The summed E-state index contributed by atoms with van der Waals surface area (Å²) in [6.45, 7) is -0.244. The van der Waals surface area contributed by atoms with Crippen molar-refractivity contribution in [2.24, 2.45) is 10.3 Å². The van der Waals surface area contributed by atoms with Crippen LogP contribution in [0.4, 0.5) is 5.69 Å². The lowest BCUT2D eigenvalue weighted by Crippen LogP contribution is -2.38. The highest BCUT2D eigenvalue weighted by Crippen LogP contribution is 2.28. The van der Waals surface area contributed by atoms with Gasteiger partial charge in [-0.25, -0.2) is 4.79 Å². The van der Waals surface area contributed by atoms with E-state index in [0.717, 1.165) is 16.3 Å². The van der Waals surface area contributed by atoms with Gasteiger partial charge in [-0.3, -0.25) is 19.8 Å². The van der Waals surface area contributed by atoms with E-state index in [1.54, 1.807) is 0 Å². The number of hydrogen-bond acceptors (Lipinski definition) is 8. The Morgan fingerprint density at radius 2 is 1.93 bits per heavy atom. The summed E-state index contributed by atoms with van der Waals surface area (Å²) in [6, 6.07) is 9.33. The Hall–Kier alpha value is -2.86. The Bertz CT molecular complexity index is 912. The van der Waals surface area contributed by atoms with E-state index in [4.69, 9.17) is 9.84 Å². The third kappa shape index (κ3) is 4.11. The van der Waals surface area contributed by atoms with E-state index in [1.807, 2.05) is 30.3 Å². The number of rotatable bonds is 6. The number of nitrogens with one attached hydrogen (secondary N) is 2. The van der Waals surface area contributed by atoms with Crippen molar-refractivity contribution in [3.05, 3.63) is 62.9 Å². The second kappa shape index (κ2) is 8.22. The van der Waals surface area contributed by atoms with Crippen LogP contribution in [0.25, 0.3) is 0 Å². The second-order valence-corrected chi connectivity index (χ2v) is 5.94. The first kappa shape index (κ1) is 18.9. The molecule has 1 aromatic carbocycles. The predicted molar refractivity (Wildman–Crippen MR) is 93.0 cm³/mol. The number of anilines is 1. The maximum atomic E-state index is 12.0. The Balaban J connectivity index is 1.76. The second-order valence-electron chi connectivity index (χ2n) is 5.94. The van der Waals surface area contributed by atoms with Crippen LogP contribution >= 0.6 is 0 Å². The van der Waals surface area contributed by atoms with Crippen LogP contribution in [0.1, 0.15) is 11.8 Å². The third-order valence-electron chi connectivity index (χ3n) is 4.10. The molecule has 0 radical (unpaired) electrons. The first-order chi connectivity index (χ1) is 13.0. The average Bonchev–Trinajstić information content (AvgIpc) is 2.95. The summed E-state index contributed by atoms with van der Waals surface area (Å²) < 4.78 is 6.19. The quantitative estimate of drug-likeness (QED) is 0.323. The van der Waals surface area contributed by atoms with Crippen molar-refractivity contribution in [1.29, 1.82) is 0 Å². The van der Waals surface area contributed by atoms with Crippen molar-refractivity contribution >= 4 is 5.69 Å². The summed E-state index contributed by atoms with van der Waals surface area (Å²) >= 11 is 0. The number of aromatic amines is 1. The van der Waals surface area contributed by atoms with Gasteiger partial charge in [-0.2, -0.15) is 5.11 Å². The lowest BCUT2D eigenvalue weighted by atomic mass is 10.1. The smallest absolute Gasteiger partial charge is 0.330 e. The molecule has 3 rings (SSSR count). The van der Waals surface area contributed by atoms with Crippen LogP contribution in [0, 0.1) is 0 Å². The summed E-state index contributed by atoms with van der Waals surface area (Å²) in [4.78, 5) is 26.0. The number of aliphatic hydroxyl groups is 3. The van der Waals surface area contributed by atoms with Gasteiger partial charge in [0, 0.05) is 6.20 Å². The maximum Gasteiger partial charge on any atom is 0.330 e. The van der Waals surface area contributed by atoms with Gasteiger partial charge in [0.2, 0.25) is 0 Å². The molecule has 11 nitrogen and oxygen atoms in total. The minimum absolute atomic E-state index is 0.107. The lowest BCUT2D eigenvalue weighted by Gasteiger charge is -2.17. The highest BCUT2D eigenvalue weighted by Gasteiger charge is 2.43. The minimum Gasteiger partial charge on any atom is -0.394 e. The van der Waals surface area contributed by atoms with Crippen LogP contribution in [-0.2, 0) is 11.3 Å². The highest BCUT2D eigenvalue weighted by atomic mass is 16.6. The molecule has 1 aromatic heterocycles. The molecule has 2 aromatic rings. The van der Waals surface area contributed by atoms with Crippen molar-refractivity contribution in [3.63, 3.8) is 0 Å². The Labute approximate surface area is 152 Å². The molecule has 0 amide bonds. The first-order valence-corrected chi connectivity index (χ1v) is 8.15. The van der Waals surface area contributed by atoms with Gasteiger partial charge in [0.1, 0.15) is 24.0 Å². The van der Waals surface area contributed by atoms with Crippen LogP contribution < -0.4 is 16.7 Å². The number of H-pyrrole nitrogens is 1. The molecule has 144 valence electrons. The minimum atomic E-state index is -1.46. The van der Waals surface area contributed by atoms with Crippen molar-refractivity contribution in [3.8, 4) is 0 Å². The monoisotopic (exact) mass is 377 g/mol. The van der Waals surface area contributed by atoms with Crippen molar-refractivity contribution < 1.29 is 20.1 Å². The molecule has 2 heterocycles. The van der Waals surface area contributed by atoms with Crippen LogP contribution in [0.2, 0.25) is 0 Å². The Morgan fingerprint density at radius 3 is 2.59 bits per heavy atom. The van der Waals surface area contributed by atoms with Gasteiger partial charge in [0.05, 0.1) is 13.2 Å². The summed E-state index contributed by atoms with van der Waals surface area (Å²) in [5.74, 6) is 0. The standard InChI is InChI=1S/C16H19N5O6/c22-8-11-12(23)13(24)15(27-11)21-7-10(14(25)18-16(21)26)19-20-17-6-9-4-2-1-3-5-9/h1-5,7,11-13,15,22-24H,6,8H2,(H,17,19)(H,18,25,26)/t11-,12+,13+,15-/m0/s1. The van der Waals surface area contributed by atoms with E-state index in [1.165, 1.54) is 0 Å². The Kier molecular flexibility index (Phi) is 5.76. The zero-order valence-electron chi connectivity index (χ0n) is 14.1. The van der Waals surface area contributed by atoms with E-state index < -0.39 is 42.4 Å². The molecular weight excluding hydrogens is 358 g/mol. The van der Waals surface area contributed by atoms with E-state index in [9.17, 15) is 19.8 Å². The summed E-state index contributed by atoms with van der Waals surface area (Å²) in [7, 11) is 0. The summed E-state index contributed by atoms with van der Waals surface area (Å²) in [5.41, 5.74) is 1.67. The zero-order valence-corrected chi connectivity index (χ0v) is 14.1. The largest absolute Gasteiger partial charge is 0.394 e. The SMILES string of the molecule is O=c1[nH]c(=O)n([C@H]2O[C@@H](CO)[C@@H](O)[C@H]2O)cc1NN=NCc1ccccc1. The van der Waals surface area contributed by atoms with Gasteiger partial charge in [-0.1, -0.05) is 35.6 Å². The molecule has 5 N–H and O–H groups in total. The molecule has 1 fully saturated rings. The van der Waals surface area contributed by atoms with E-state index in [-0.39, 0.29) is 5.69 Å². The fourth-order valence-electron chi connectivity index (χ4n) is 2.65. The Morgan fingerprint density at radius 1 is 1.19 bits per heavy atom. The maximum absolute atomic E-state index is 12.0. The number of aliphatic hydroxyl groups excluding tert-OH is 3. The molecule has 0 bridgehead atoms. The number of benzene rings is 1. The topological polar surface area (TPSA) is 162 Å². The van der Waals surface area contributed by atoms with Gasteiger partial charge in [0.25, 0.3) is 5.56 Å². The zero-order chi connectivity index (χ0) is 19.4. The van der Waals surface area contributed by atoms with E-state index >= 15 is 0 Å². The first-order valence-electron chi connectivity index (χ1n) is 8.15. The lowest BCUT2D eigenvalue weighted by molar-refractivity contribution is -0.0549. The van der Waals surface area contributed by atoms with Crippen molar-refractivity contribution in [2.75, 3.05) is 12.0 Å². The molecule has 1 saturated heterocycles. The molecule has 4 atom stereocenters. The number of ether oxygens (including phenoxy) is 1.